The quantitative estimate of drug-likeness (QED) is 0.241. The molecule has 3 heterocycles. The van der Waals surface area contributed by atoms with Gasteiger partial charge in [0.05, 0.1) is 29.3 Å². The standard InChI is InChI=1S/C25H22ClN9O2/c26-17-9-10-22(35-15-29-33-34-35)16(13-17)8-11-23(36)30-20-7-3-4-12-27-25(37)32-19-6-2-1-5-18(19)21-14-28-24(20)31-21/h1-6,8-11,13-15,20H,7,12H2,(H,28,31)(H,30,36)(H2,27,32,37)/b4-3?,11-8+/t20-/m0/s1. The minimum Gasteiger partial charge on any atom is -0.342 e. The number of urea groups is 1. The highest BCUT2D eigenvalue weighted by Crippen LogP contribution is 2.28. The topological polar surface area (TPSA) is 143 Å². The minimum absolute atomic E-state index is 0.312. The van der Waals surface area contributed by atoms with Crippen LogP contribution in [0.5, 0.6) is 0 Å². The van der Waals surface area contributed by atoms with Crippen molar-refractivity contribution in [2.24, 2.45) is 0 Å². The summed E-state index contributed by atoms with van der Waals surface area (Å²) >= 11 is 6.17. The Labute approximate surface area is 216 Å². The molecule has 0 saturated carbocycles. The molecule has 0 spiro atoms. The highest BCUT2D eigenvalue weighted by molar-refractivity contribution is 6.30. The number of para-hydroxylation sites is 1. The van der Waals surface area contributed by atoms with Crippen molar-refractivity contribution in [3.8, 4) is 16.9 Å². The van der Waals surface area contributed by atoms with Gasteiger partial charge in [-0.3, -0.25) is 4.79 Å². The maximum absolute atomic E-state index is 12.9. The highest BCUT2D eigenvalue weighted by Gasteiger charge is 2.18. The van der Waals surface area contributed by atoms with Crippen molar-refractivity contribution in [1.29, 1.82) is 0 Å². The summed E-state index contributed by atoms with van der Waals surface area (Å²) in [4.78, 5) is 33.0. The maximum atomic E-state index is 12.9. The van der Waals surface area contributed by atoms with Crippen LogP contribution in [0.25, 0.3) is 23.0 Å². The number of aromatic nitrogens is 6. The lowest BCUT2D eigenvalue weighted by atomic mass is 10.1. The number of benzene rings is 2. The molecule has 1 atom stereocenters. The van der Waals surface area contributed by atoms with Gasteiger partial charge >= 0.3 is 6.03 Å². The van der Waals surface area contributed by atoms with Crippen LogP contribution in [0.4, 0.5) is 10.5 Å². The van der Waals surface area contributed by atoms with E-state index in [1.165, 1.54) is 17.1 Å². The predicted molar refractivity (Wildman–Crippen MR) is 139 cm³/mol. The second-order valence-electron chi connectivity index (χ2n) is 8.12. The summed E-state index contributed by atoms with van der Waals surface area (Å²) in [6.45, 7) is 0.339. The molecule has 2 aromatic heterocycles. The molecular weight excluding hydrogens is 494 g/mol. The van der Waals surface area contributed by atoms with Gasteiger partial charge in [-0.1, -0.05) is 42.0 Å². The fourth-order valence-electron chi connectivity index (χ4n) is 3.87. The van der Waals surface area contributed by atoms with Gasteiger partial charge in [-0.25, -0.2) is 9.78 Å². The molecule has 0 aliphatic carbocycles. The average Bonchev–Trinajstić information content (AvgIpc) is 3.60. The maximum Gasteiger partial charge on any atom is 0.319 e. The summed E-state index contributed by atoms with van der Waals surface area (Å²) in [6.07, 6.45) is 10.4. The average molecular weight is 516 g/mol. The lowest BCUT2D eigenvalue weighted by Crippen LogP contribution is -2.29. The van der Waals surface area contributed by atoms with E-state index in [-0.39, 0.29) is 11.9 Å². The van der Waals surface area contributed by atoms with Gasteiger partial charge in [0.2, 0.25) is 5.91 Å². The van der Waals surface area contributed by atoms with Gasteiger partial charge < -0.3 is 20.9 Å². The molecule has 4 aromatic rings. The van der Waals surface area contributed by atoms with Crippen LogP contribution in [0.3, 0.4) is 0 Å². The third kappa shape index (κ3) is 5.73. The van der Waals surface area contributed by atoms with E-state index in [0.29, 0.717) is 46.4 Å². The highest BCUT2D eigenvalue weighted by atomic mass is 35.5. The van der Waals surface area contributed by atoms with E-state index in [0.717, 1.165) is 5.56 Å². The Bertz CT molecular complexity index is 1480. The van der Waals surface area contributed by atoms with Crippen molar-refractivity contribution in [1.82, 2.24) is 40.8 Å². The Balaban J connectivity index is 1.39. The van der Waals surface area contributed by atoms with E-state index < -0.39 is 6.04 Å². The molecule has 1 aliphatic rings. The summed E-state index contributed by atoms with van der Waals surface area (Å²) in [7, 11) is 0. The molecule has 2 aromatic carbocycles. The Hall–Kier alpha value is -4.77. The van der Waals surface area contributed by atoms with Crippen LogP contribution in [-0.2, 0) is 4.79 Å². The molecule has 0 radical (unpaired) electrons. The van der Waals surface area contributed by atoms with Gasteiger partial charge in [-0.15, -0.1) is 5.10 Å². The number of carbonyl (C=O) groups is 2. The number of tetrazole rings is 1. The SMILES string of the molecule is O=C(/C=C/c1cc(Cl)ccc1-n1cnnn1)N[C@H]1CC=CCNC(=O)Nc2ccccc2-c2cnc1[nH]2. The lowest BCUT2D eigenvalue weighted by Gasteiger charge is -2.14. The molecular formula is C25H22ClN9O2. The number of nitrogens with zero attached hydrogens (tertiary/aromatic N) is 5. The summed E-state index contributed by atoms with van der Waals surface area (Å²) in [5.41, 5.74) is 3.49. The lowest BCUT2D eigenvalue weighted by molar-refractivity contribution is -0.117. The van der Waals surface area contributed by atoms with E-state index in [4.69, 9.17) is 11.6 Å². The first-order valence-electron chi connectivity index (χ1n) is 11.4. The molecule has 5 rings (SSSR count). The van der Waals surface area contributed by atoms with E-state index in [1.807, 2.05) is 36.4 Å². The van der Waals surface area contributed by atoms with Crippen LogP contribution in [-0.4, -0.2) is 48.7 Å². The summed E-state index contributed by atoms with van der Waals surface area (Å²) in [6, 6.07) is 11.9. The first-order valence-corrected chi connectivity index (χ1v) is 11.8. The third-order valence-electron chi connectivity index (χ3n) is 5.63. The Morgan fingerprint density at radius 3 is 2.95 bits per heavy atom. The largest absolute Gasteiger partial charge is 0.342 e. The number of aromatic amines is 1. The van der Waals surface area contributed by atoms with Crippen molar-refractivity contribution < 1.29 is 9.59 Å². The number of imidazole rings is 1. The Morgan fingerprint density at radius 1 is 1.19 bits per heavy atom. The number of anilines is 1. The third-order valence-corrected chi connectivity index (χ3v) is 5.86. The molecule has 186 valence electrons. The van der Waals surface area contributed by atoms with Crippen LogP contribution in [0, 0.1) is 0 Å². The van der Waals surface area contributed by atoms with Crippen LogP contribution >= 0.6 is 11.6 Å². The zero-order valence-electron chi connectivity index (χ0n) is 19.4. The van der Waals surface area contributed by atoms with E-state index >= 15 is 0 Å². The molecule has 12 heteroatoms. The van der Waals surface area contributed by atoms with Gasteiger partial charge in [-0.2, -0.15) is 4.68 Å². The Morgan fingerprint density at radius 2 is 2.08 bits per heavy atom. The number of H-pyrrole nitrogens is 1. The first kappa shape index (κ1) is 23.9. The van der Waals surface area contributed by atoms with E-state index in [9.17, 15) is 9.59 Å². The zero-order chi connectivity index (χ0) is 25.6. The summed E-state index contributed by atoms with van der Waals surface area (Å²) in [5.74, 6) is 0.269. The number of carbonyl (C=O) groups excluding carboxylic acids is 2. The van der Waals surface area contributed by atoms with Gasteiger partial charge in [-0.05, 0) is 47.2 Å². The fourth-order valence-corrected chi connectivity index (χ4v) is 4.06. The number of hydrogen-bond acceptors (Lipinski definition) is 6. The van der Waals surface area contributed by atoms with Gasteiger partial charge in [0.1, 0.15) is 12.2 Å². The van der Waals surface area contributed by atoms with Crippen LogP contribution in [0.15, 0.2) is 73.2 Å². The van der Waals surface area contributed by atoms with Crippen LogP contribution < -0.4 is 16.0 Å². The summed E-state index contributed by atoms with van der Waals surface area (Å²) < 4.78 is 1.49. The zero-order valence-corrected chi connectivity index (χ0v) is 20.2. The molecule has 11 nitrogen and oxygen atoms in total. The minimum atomic E-state index is -0.433. The second kappa shape index (κ2) is 10.9. The van der Waals surface area contributed by atoms with Crippen molar-refractivity contribution in [3.05, 3.63) is 89.6 Å². The van der Waals surface area contributed by atoms with Gasteiger partial charge in [0.25, 0.3) is 0 Å². The molecule has 0 saturated heterocycles. The Kier molecular flexibility index (Phi) is 7.04. The molecule has 37 heavy (non-hydrogen) atoms. The van der Waals surface area contributed by atoms with Crippen molar-refractivity contribution >= 4 is 35.3 Å². The van der Waals surface area contributed by atoms with Gasteiger partial charge in [0, 0.05) is 28.8 Å². The smallest absolute Gasteiger partial charge is 0.319 e. The molecule has 2 bridgehead atoms. The molecule has 1 aliphatic heterocycles. The molecule has 0 fully saturated rings. The summed E-state index contributed by atoms with van der Waals surface area (Å²) in [5, 5.41) is 20.4. The van der Waals surface area contributed by atoms with E-state index in [1.54, 1.807) is 30.5 Å². The number of fused-ring (bicyclic) bond motifs is 4. The monoisotopic (exact) mass is 515 g/mol. The van der Waals surface area contributed by atoms with Crippen LogP contribution in [0.1, 0.15) is 23.9 Å². The van der Waals surface area contributed by atoms with Crippen molar-refractivity contribution in [3.63, 3.8) is 0 Å². The molecule has 0 unspecified atom stereocenters. The molecule has 4 N–H and O–H groups in total. The number of nitrogens with one attached hydrogen (secondary N) is 4. The molecule has 3 amide bonds. The number of rotatable bonds is 4. The number of amides is 3. The van der Waals surface area contributed by atoms with Crippen molar-refractivity contribution in [2.75, 3.05) is 11.9 Å². The second-order valence-corrected chi connectivity index (χ2v) is 8.56. The van der Waals surface area contributed by atoms with E-state index in [2.05, 4.69) is 41.4 Å². The number of hydrogen-bond donors (Lipinski definition) is 4. The van der Waals surface area contributed by atoms with Crippen LogP contribution in [0.2, 0.25) is 5.02 Å². The van der Waals surface area contributed by atoms with Crippen molar-refractivity contribution in [2.45, 2.75) is 12.5 Å². The fraction of sp³-hybridized carbons (Fsp3) is 0.120. The normalized spacial score (nSPS) is 15.6. The first-order chi connectivity index (χ1) is 18.1. The predicted octanol–water partition coefficient (Wildman–Crippen LogP) is 3.66. The van der Waals surface area contributed by atoms with Gasteiger partial charge in [0.15, 0.2) is 0 Å². The number of halogens is 1.